The molecule has 1 aliphatic heterocycles. The van der Waals surface area contributed by atoms with E-state index in [1.807, 2.05) is 58.9 Å². The second-order valence-electron chi connectivity index (χ2n) is 9.17. The highest BCUT2D eigenvalue weighted by molar-refractivity contribution is 9.10. The van der Waals surface area contributed by atoms with E-state index in [0.717, 1.165) is 9.37 Å². The number of aromatic nitrogens is 1. The van der Waals surface area contributed by atoms with Crippen LogP contribution in [0.2, 0.25) is 0 Å². The van der Waals surface area contributed by atoms with E-state index in [0.29, 0.717) is 18.9 Å². The van der Waals surface area contributed by atoms with Crippen molar-refractivity contribution in [2.75, 3.05) is 13.7 Å². The number of amides is 1. The average molecular weight is 523 g/mol. The van der Waals surface area contributed by atoms with Crippen molar-refractivity contribution in [2.24, 2.45) is 0 Å². The molecule has 1 amide bonds. The number of methoxy groups -OCH3 is 1. The lowest BCUT2D eigenvalue weighted by Gasteiger charge is -2.36. The van der Waals surface area contributed by atoms with Gasteiger partial charge in [0.25, 0.3) is 0 Å². The quantitative estimate of drug-likeness (QED) is 0.406. The molecule has 0 spiro atoms. The molecule has 1 saturated heterocycles. The highest BCUT2D eigenvalue weighted by atomic mass is 79.9. The van der Waals surface area contributed by atoms with Gasteiger partial charge < -0.3 is 14.2 Å². The molecule has 0 aliphatic carbocycles. The molecule has 1 aromatic carbocycles. The first kappa shape index (κ1) is 24.9. The van der Waals surface area contributed by atoms with E-state index in [1.165, 1.54) is 5.56 Å². The van der Waals surface area contributed by atoms with Gasteiger partial charge in [-0.25, -0.2) is 9.78 Å². The Morgan fingerprint density at radius 3 is 2.66 bits per heavy atom. The lowest BCUT2D eigenvalue weighted by Crippen LogP contribution is -2.50. The van der Waals surface area contributed by atoms with Crippen LogP contribution in [0.25, 0.3) is 0 Å². The number of ether oxygens (including phenoxy) is 3. The molecule has 3 rings (SSSR count). The van der Waals surface area contributed by atoms with Gasteiger partial charge in [-0.2, -0.15) is 0 Å². The molecule has 2 aromatic rings. The van der Waals surface area contributed by atoms with Crippen LogP contribution in [-0.4, -0.2) is 47.1 Å². The van der Waals surface area contributed by atoms with E-state index >= 15 is 0 Å². The van der Waals surface area contributed by atoms with Crippen LogP contribution in [0.4, 0.5) is 4.79 Å². The summed E-state index contributed by atoms with van der Waals surface area (Å²) < 4.78 is 18.0. The Morgan fingerprint density at radius 2 is 2.03 bits per heavy atom. The zero-order chi connectivity index (χ0) is 23.5. The smallest absolute Gasteiger partial charge is 0.412 e. The highest BCUT2D eigenvalue weighted by Crippen LogP contribution is 2.44. The minimum atomic E-state index is -0.737. The molecule has 174 valence electrons. The van der Waals surface area contributed by atoms with E-state index in [2.05, 4.69) is 33.0 Å². The molecule has 0 radical (unpaired) electrons. The van der Waals surface area contributed by atoms with E-state index < -0.39 is 11.3 Å². The Labute approximate surface area is 203 Å². The summed E-state index contributed by atoms with van der Waals surface area (Å²) in [4.78, 5) is 20.1. The second-order valence-corrected chi connectivity index (χ2v) is 11.3. The summed E-state index contributed by atoms with van der Waals surface area (Å²) in [5, 5.41) is 0.0760. The minimum absolute atomic E-state index is 0.0760. The summed E-state index contributed by atoms with van der Waals surface area (Å²) in [7, 11) is 1.61. The van der Waals surface area contributed by atoms with Crippen molar-refractivity contribution < 1.29 is 19.0 Å². The standard InChI is InChI=1S/C24H31BrN2O4S/c1-23(2,3)31-22(28)27-17(15-30-24(27,4)5)12-19(16-10-8-7-9-11-16)32-20-13-21(29-6)26-14-18(20)25/h7-11,13-14,17,19H,12,15H2,1-6H3/t17-,19+/m0/s1. The van der Waals surface area contributed by atoms with Gasteiger partial charge in [-0.15, -0.1) is 11.8 Å². The largest absolute Gasteiger partial charge is 0.481 e. The van der Waals surface area contributed by atoms with Gasteiger partial charge in [0, 0.05) is 26.9 Å². The molecule has 1 aliphatic rings. The molecule has 1 fully saturated rings. The van der Waals surface area contributed by atoms with Gasteiger partial charge in [0.2, 0.25) is 5.88 Å². The molecular weight excluding hydrogens is 492 g/mol. The third-order valence-electron chi connectivity index (χ3n) is 5.10. The third kappa shape index (κ3) is 6.17. The number of rotatable bonds is 6. The predicted octanol–water partition coefficient (Wildman–Crippen LogP) is 6.45. The number of thioether (sulfide) groups is 1. The van der Waals surface area contributed by atoms with Crippen molar-refractivity contribution in [3.8, 4) is 5.88 Å². The van der Waals surface area contributed by atoms with Crippen LogP contribution < -0.4 is 4.74 Å². The summed E-state index contributed by atoms with van der Waals surface area (Å²) in [5.74, 6) is 0.559. The molecule has 2 atom stereocenters. The normalized spacial score (nSPS) is 19.0. The predicted molar refractivity (Wildman–Crippen MR) is 130 cm³/mol. The number of carbonyl (C=O) groups excluding carboxylic acids is 1. The lowest BCUT2D eigenvalue weighted by atomic mass is 10.0. The van der Waals surface area contributed by atoms with Crippen molar-refractivity contribution >= 4 is 33.8 Å². The average Bonchev–Trinajstić information content (AvgIpc) is 3.02. The monoisotopic (exact) mass is 522 g/mol. The van der Waals surface area contributed by atoms with Gasteiger partial charge >= 0.3 is 6.09 Å². The number of benzene rings is 1. The van der Waals surface area contributed by atoms with Crippen LogP contribution in [0, 0.1) is 0 Å². The molecule has 6 nitrogen and oxygen atoms in total. The second kappa shape index (κ2) is 10.0. The number of pyridine rings is 1. The van der Waals surface area contributed by atoms with Gasteiger partial charge in [-0.3, -0.25) is 4.90 Å². The van der Waals surface area contributed by atoms with E-state index in [-0.39, 0.29) is 17.4 Å². The summed E-state index contributed by atoms with van der Waals surface area (Å²) >= 11 is 5.32. The highest BCUT2D eigenvalue weighted by Gasteiger charge is 2.46. The maximum absolute atomic E-state index is 13.1. The number of carbonyl (C=O) groups is 1. The lowest BCUT2D eigenvalue weighted by molar-refractivity contribution is -0.0626. The first-order valence-corrected chi connectivity index (χ1v) is 12.2. The number of hydrogen-bond donors (Lipinski definition) is 0. The number of hydrogen-bond acceptors (Lipinski definition) is 6. The Kier molecular flexibility index (Phi) is 7.78. The van der Waals surface area contributed by atoms with Crippen molar-refractivity contribution in [3.05, 3.63) is 52.6 Å². The first-order valence-electron chi connectivity index (χ1n) is 10.6. The Bertz CT molecular complexity index is 933. The van der Waals surface area contributed by atoms with E-state index in [4.69, 9.17) is 14.2 Å². The molecule has 1 aromatic heterocycles. The maximum atomic E-state index is 13.1. The Morgan fingerprint density at radius 1 is 1.34 bits per heavy atom. The van der Waals surface area contributed by atoms with Crippen molar-refractivity contribution in [2.45, 2.75) is 68.6 Å². The SMILES string of the molecule is COc1cc(S[C@H](C[C@H]2COC(C)(C)N2C(=O)OC(C)(C)C)c2ccccc2)c(Br)cn1. The van der Waals surface area contributed by atoms with Crippen LogP contribution >= 0.6 is 27.7 Å². The molecular formula is C24H31BrN2O4S. The molecule has 0 unspecified atom stereocenters. The summed E-state index contributed by atoms with van der Waals surface area (Å²) in [6.45, 7) is 9.90. The van der Waals surface area contributed by atoms with Crippen molar-refractivity contribution in [3.63, 3.8) is 0 Å². The van der Waals surface area contributed by atoms with Crippen molar-refractivity contribution in [1.82, 2.24) is 9.88 Å². The van der Waals surface area contributed by atoms with Crippen LogP contribution in [0.3, 0.4) is 0 Å². The fourth-order valence-electron chi connectivity index (χ4n) is 3.66. The zero-order valence-electron chi connectivity index (χ0n) is 19.4. The van der Waals surface area contributed by atoms with Gasteiger partial charge in [0.15, 0.2) is 0 Å². The molecule has 0 bridgehead atoms. The van der Waals surface area contributed by atoms with Gasteiger partial charge in [0.1, 0.15) is 11.3 Å². The van der Waals surface area contributed by atoms with Crippen LogP contribution in [-0.2, 0) is 9.47 Å². The van der Waals surface area contributed by atoms with Gasteiger partial charge in [-0.1, -0.05) is 30.3 Å². The summed E-state index contributed by atoms with van der Waals surface area (Å²) in [5.41, 5.74) is -0.139. The van der Waals surface area contributed by atoms with Crippen LogP contribution in [0.15, 0.2) is 52.0 Å². The molecule has 0 saturated carbocycles. The number of halogens is 1. The maximum Gasteiger partial charge on any atom is 0.412 e. The summed E-state index contributed by atoms with van der Waals surface area (Å²) in [6, 6.07) is 12.1. The van der Waals surface area contributed by atoms with Gasteiger partial charge in [0.05, 0.1) is 19.8 Å². The zero-order valence-corrected chi connectivity index (χ0v) is 21.8. The van der Waals surface area contributed by atoms with Crippen LogP contribution in [0.5, 0.6) is 5.88 Å². The fourth-order valence-corrected chi connectivity index (χ4v) is 5.41. The topological polar surface area (TPSA) is 60.9 Å². The van der Waals surface area contributed by atoms with Gasteiger partial charge in [-0.05, 0) is 62.5 Å². The number of nitrogens with zero attached hydrogens (tertiary/aromatic N) is 2. The molecule has 2 heterocycles. The Balaban J connectivity index is 1.90. The summed E-state index contributed by atoms with van der Waals surface area (Å²) in [6.07, 6.45) is 2.10. The van der Waals surface area contributed by atoms with E-state index in [1.54, 1.807) is 30.0 Å². The molecule has 32 heavy (non-hydrogen) atoms. The van der Waals surface area contributed by atoms with E-state index in [9.17, 15) is 4.79 Å². The third-order valence-corrected chi connectivity index (χ3v) is 7.33. The fraction of sp³-hybridized carbons (Fsp3) is 0.500. The first-order chi connectivity index (χ1) is 15.0. The molecule has 0 N–H and O–H groups in total. The Hall–Kier alpha value is -1.77. The van der Waals surface area contributed by atoms with Crippen molar-refractivity contribution in [1.29, 1.82) is 0 Å². The molecule has 8 heteroatoms. The minimum Gasteiger partial charge on any atom is -0.481 e. The van der Waals surface area contributed by atoms with Crippen LogP contribution in [0.1, 0.15) is 51.9 Å².